The van der Waals surface area contributed by atoms with E-state index in [-0.39, 0.29) is 28.4 Å². The van der Waals surface area contributed by atoms with E-state index in [1.165, 1.54) is 18.2 Å². The third-order valence-electron chi connectivity index (χ3n) is 5.21. The lowest BCUT2D eigenvalue weighted by atomic mass is 10.1. The Balaban J connectivity index is 1.68. The van der Waals surface area contributed by atoms with Crippen molar-refractivity contribution in [3.63, 3.8) is 0 Å². The van der Waals surface area contributed by atoms with E-state index in [1.807, 2.05) is 6.07 Å². The molecule has 0 unspecified atom stereocenters. The summed E-state index contributed by atoms with van der Waals surface area (Å²) in [6.07, 6.45) is -4.64. The van der Waals surface area contributed by atoms with Gasteiger partial charge >= 0.3 is 6.18 Å². The number of halogens is 4. The number of anilines is 1. The zero-order valence-corrected chi connectivity index (χ0v) is 19.0. The highest BCUT2D eigenvalue weighted by atomic mass is 35.5. The smallest absolute Gasteiger partial charge is 0.279 e. The molecule has 0 saturated heterocycles. The Hall–Kier alpha value is -3.88. The molecular weight excluding hydrogens is 507 g/mol. The van der Waals surface area contributed by atoms with Gasteiger partial charge in [-0.25, -0.2) is 8.42 Å². The van der Waals surface area contributed by atoms with E-state index < -0.39 is 38.5 Å². The molecule has 0 aliphatic carbocycles. The molecule has 1 aliphatic rings. The Bertz CT molecular complexity index is 1510. The molecule has 0 fully saturated rings. The average molecular weight is 520 g/mol. The largest absolute Gasteiger partial charge is 0.416 e. The van der Waals surface area contributed by atoms with Gasteiger partial charge in [-0.15, -0.1) is 0 Å². The summed E-state index contributed by atoms with van der Waals surface area (Å²) < 4.78 is 66.2. The van der Waals surface area contributed by atoms with Crippen LogP contribution in [0.3, 0.4) is 0 Å². The van der Waals surface area contributed by atoms with Crippen LogP contribution in [0.5, 0.6) is 0 Å². The zero-order valence-electron chi connectivity index (χ0n) is 17.4. The van der Waals surface area contributed by atoms with Gasteiger partial charge < -0.3 is 0 Å². The van der Waals surface area contributed by atoms with Crippen LogP contribution in [0, 0.1) is 11.3 Å². The molecule has 0 spiro atoms. The molecule has 3 aromatic rings. The predicted octanol–water partition coefficient (Wildman–Crippen LogP) is 4.83. The fourth-order valence-corrected chi connectivity index (χ4v) is 4.86. The summed E-state index contributed by atoms with van der Waals surface area (Å²) in [5.74, 6) is -1.58. The minimum atomic E-state index is -4.64. The quantitative estimate of drug-likeness (QED) is 0.486. The van der Waals surface area contributed by atoms with E-state index in [2.05, 4.69) is 4.72 Å². The second-order valence-electron chi connectivity index (χ2n) is 7.48. The van der Waals surface area contributed by atoms with Crippen molar-refractivity contribution in [1.29, 1.82) is 5.26 Å². The molecule has 3 aromatic carbocycles. The molecule has 0 radical (unpaired) electrons. The number of nitrogens with zero attached hydrogens (tertiary/aromatic N) is 2. The number of nitriles is 1. The van der Waals surface area contributed by atoms with Gasteiger partial charge in [0.15, 0.2) is 0 Å². The number of hydrogen-bond acceptors (Lipinski definition) is 5. The summed E-state index contributed by atoms with van der Waals surface area (Å²) in [6, 6.07) is 13.4. The van der Waals surface area contributed by atoms with Crippen LogP contribution in [0.25, 0.3) is 0 Å². The van der Waals surface area contributed by atoms with Crippen LogP contribution in [-0.4, -0.2) is 25.1 Å². The number of alkyl halides is 3. The number of fused-ring (bicyclic) bond motifs is 1. The number of sulfonamides is 1. The third kappa shape index (κ3) is 4.58. The maximum Gasteiger partial charge on any atom is 0.416 e. The van der Waals surface area contributed by atoms with Crippen LogP contribution < -0.4 is 4.72 Å². The van der Waals surface area contributed by atoms with Gasteiger partial charge in [-0.2, -0.15) is 18.4 Å². The van der Waals surface area contributed by atoms with Crippen molar-refractivity contribution in [3.8, 4) is 6.07 Å². The van der Waals surface area contributed by atoms with Crippen molar-refractivity contribution < 1.29 is 31.2 Å². The van der Waals surface area contributed by atoms with E-state index in [0.717, 1.165) is 17.0 Å². The van der Waals surface area contributed by atoms with Crippen LogP contribution in [0.1, 0.15) is 37.4 Å². The molecular formula is C23H13ClF3N3O4S. The lowest BCUT2D eigenvalue weighted by Gasteiger charge is -2.14. The SMILES string of the molecule is N#Cc1cccc(CN2C(=O)c3c(Cl)ccc(NS(=O)(=O)c4ccc(C(F)(F)F)cc4)c3C2=O)c1. The second kappa shape index (κ2) is 8.72. The van der Waals surface area contributed by atoms with E-state index in [0.29, 0.717) is 23.3 Å². The minimum Gasteiger partial charge on any atom is -0.279 e. The summed E-state index contributed by atoms with van der Waals surface area (Å²) in [7, 11) is -4.41. The van der Waals surface area contributed by atoms with Crippen molar-refractivity contribution in [3.05, 3.63) is 93.5 Å². The van der Waals surface area contributed by atoms with E-state index in [4.69, 9.17) is 16.9 Å². The Morgan fingerprint density at radius 1 is 0.971 bits per heavy atom. The molecule has 12 heteroatoms. The molecule has 0 bridgehead atoms. The van der Waals surface area contributed by atoms with E-state index in [9.17, 15) is 31.2 Å². The second-order valence-corrected chi connectivity index (χ2v) is 9.57. The molecule has 178 valence electrons. The number of rotatable bonds is 5. The molecule has 7 nitrogen and oxygen atoms in total. The number of benzene rings is 3. The molecule has 1 N–H and O–H groups in total. The van der Waals surface area contributed by atoms with Gasteiger partial charge in [0.2, 0.25) is 0 Å². The zero-order chi connectivity index (χ0) is 25.5. The van der Waals surface area contributed by atoms with Crippen LogP contribution in [0.2, 0.25) is 5.02 Å². The van der Waals surface area contributed by atoms with E-state index in [1.54, 1.807) is 18.2 Å². The van der Waals surface area contributed by atoms with Crippen LogP contribution in [-0.2, 0) is 22.7 Å². The average Bonchev–Trinajstić information content (AvgIpc) is 3.06. The highest BCUT2D eigenvalue weighted by Gasteiger charge is 2.40. The first kappa shape index (κ1) is 24.3. The van der Waals surface area contributed by atoms with E-state index >= 15 is 0 Å². The Labute approximate surface area is 202 Å². The van der Waals surface area contributed by atoms with Crippen LogP contribution in [0.4, 0.5) is 18.9 Å². The third-order valence-corrected chi connectivity index (χ3v) is 6.90. The van der Waals surface area contributed by atoms with Crippen LogP contribution >= 0.6 is 11.6 Å². The molecule has 4 rings (SSSR count). The van der Waals surface area contributed by atoms with Crippen molar-refractivity contribution in [2.75, 3.05) is 4.72 Å². The van der Waals surface area contributed by atoms with Crippen molar-refractivity contribution in [2.24, 2.45) is 0 Å². The molecule has 1 aliphatic heterocycles. The monoisotopic (exact) mass is 519 g/mol. The minimum absolute atomic E-state index is 0.0795. The standard InChI is InChI=1S/C23H13ClF3N3O4S/c24-17-8-9-18(29-35(33,34)16-6-4-15(5-7-16)23(25,26)27)20-19(17)21(31)30(22(20)32)12-14-3-1-2-13(10-14)11-28/h1-10,29H,12H2. The first-order valence-electron chi connectivity index (χ1n) is 9.80. The fraction of sp³-hybridized carbons (Fsp3) is 0.0870. The summed E-state index contributed by atoms with van der Waals surface area (Å²) >= 11 is 6.14. The van der Waals surface area contributed by atoms with Crippen molar-refractivity contribution in [2.45, 2.75) is 17.6 Å². The summed E-state index contributed by atoms with van der Waals surface area (Å²) in [4.78, 5) is 26.5. The molecule has 0 atom stereocenters. The van der Waals surface area contributed by atoms with Gasteiger partial charge in [0, 0.05) is 0 Å². The molecule has 2 amide bonds. The summed E-state index contributed by atoms with van der Waals surface area (Å²) in [5, 5.41) is 8.98. The van der Waals surface area contributed by atoms with Gasteiger partial charge in [-0.05, 0) is 54.1 Å². The Kier molecular flexibility index (Phi) is 6.04. The highest BCUT2D eigenvalue weighted by Crippen LogP contribution is 2.36. The summed E-state index contributed by atoms with van der Waals surface area (Å²) in [5.41, 5.74) is -0.963. The van der Waals surface area contributed by atoms with Gasteiger partial charge in [-0.3, -0.25) is 19.2 Å². The van der Waals surface area contributed by atoms with Crippen molar-refractivity contribution in [1.82, 2.24) is 4.90 Å². The molecule has 1 heterocycles. The topological polar surface area (TPSA) is 107 Å². The predicted molar refractivity (Wildman–Crippen MR) is 119 cm³/mol. The normalized spacial score (nSPS) is 13.5. The number of carbonyl (C=O) groups excluding carboxylic acids is 2. The molecule has 0 saturated carbocycles. The van der Waals surface area contributed by atoms with Gasteiger partial charge in [0.1, 0.15) is 0 Å². The lowest BCUT2D eigenvalue weighted by Crippen LogP contribution is -2.29. The fourth-order valence-electron chi connectivity index (χ4n) is 3.55. The molecule has 35 heavy (non-hydrogen) atoms. The van der Waals surface area contributed by atoms with Crippen molar-refractivity contribution >= 4 is 39.1 Å². The number of carbonyl (C=O) groups is 2. The van der Waals surface area contributed by atoms with Gasteiger partial charge in [0.05, 0.1) is 50.5 Å². The lowest BCUT2D eigenvalue weighted by molar-refractivity contribution is -0.137. The summed E-state index contributed by atoms with van der Waals surface area (Å²) in [6.45, 7) is -0.191. The number of imide groups is 1. The Morgan fingerprint density at radius 2 is 1.63 bits per heavy atom. The maximum absolute atomic E-state index is 13.1. The number of amides is 2. The van der Waals surface area contributed by atoms with Crippen LogP contribution in [0.15, 0.2) is 65.6 Å². The molecule has 0 aromatic heterocycles. The van der Waals surface area contributed by atoms with Gasteiger partial charge in [0.25, 0.3) is 21.8 Å². The first-order chi connectivity index (χ1) is 16.4. The number of hydrogen-bond donors (Lipinski definition) is 1. The van der Waals surface area contributed by atoms with Gasteiger partial charge in [-0.1, -0.05) is 23.7 Å². The first-order valence-corrected chi connectivity index (χ1v) is 11.7. The number of nitrogens with one attached hydrogen (secondary N) is 1. The maximum atomic E-state index is 13.1. The highest BCUT2D eigenvalue weighted by molar-refractivity contribution is 7.92. The Morgan fingerprint density at radius 3 is 2.26 bits per heavy atom.